The van der Waals surface area contributed by atoms with Crippen LogP contribution in [0.2, 0.25) is 0 Å². The van der Waals surface area contributed by atoms with E-state index in [9.17, 15) is 0 Å². The standard InChI is InChI=1S/C8H11NS/c1-7-3-2-4-8(9-7)5-6-10/h2-4,10H,5-6H2,1H3. The lowest BCUT2D eigenvalue weighted by molar-refractivity contribution is 1.02. The molecule has 1 rings (SSSR count). The van der Waals surface area contributed by atoms with Gasteiger partial charge in [0.1, 0.15) is 0 Å². The summed E-state index contributed by atoms with van der Waals surface area (Å²) in [4.78, 5) is 4.31. The number of thiol groups is 1. The number of hydrogen-bond acceptors (Lipinski definition) is 2. The van der Waals surface area contributed by atoms with Gasteiger partial charge in [-0.25, -0.2) is 0 Å². The van der Waals surface area contributed by atoms with Gasteiger partial charge >= 0.3 is 0 Å². The van der Waals surface area contributed by atoms with E-state index in [-0.39, 0.29) is 0 Å². The number of nitrogens with zero attached hydrogens (tertiary/aromatic N) is 1. The molecule has 1 heterocycles. The highest BCUT2D eigenvalue weighted by Crippen LogP contribution is 1.99. The Morgan fingerprint density at radius 3 is 2.90 bits per heavy atom. The molecule has 0 amide bonds. The molecular weight excluding hydrogens is 142 g/mol. The fourth-order valence-corrected chi connectivity index (χ4v) is 1.08. The molecule has 1 aromatic rings. The molecular formula is C8H11NS. The minimum Gasteiger partial charge on any atom is -0.258 e. The molecule has 0 atom stereocenters. The van der Waals surface area contributed by atoms with E-state index in [1.165, 1.54) is 0 Å². The van der Waals surface area contributed by atoms with Crippen molar-refractivity contribution in [3.8, 4) is 0 Å². The van der Waals surface area contributed by atoms with Crippen molar-refractivity contribution in [2.24, 2.45) is 0 Å². The molecule has 2 heteroatoms. The molecule has 0 aliphatic carbocycles. The lowest BCUT2D eigenvalue weighted by Gasteiger charge is -1.96. The van der Waals surface area contributed by atoms with Crippen LogP contribution in [-0.2, 0) is 6.42 Å². The Kier molecular flexibility index (Phi) is 2.75. The van der Waals surface area contributed by atoms with E-state index in [4.69, 9.17) is 0 Å². The molecule has 0 N–H and O–H groups in total. The summed E-state index contributed by atoms with van der Waals surface area (Å²) >= 11 is 4.13. The van der Waals surface area contributed by atoms with E-state index < -0.39 is 0 Å². The summed E-state index contributed by atoms with van der Waals surface area (Å²) in [6.45, 7) is 2.00. The first kappa shape index (κ1) is 7.61. The molecule has 0 aliphatic rings. The highest BCUT2D eigenvalue weighted by Gasteiger charge is 1.90. The van der Waals surface area contributed by atoms with Crippen LogP contribution >= 0.6 is 12.6 Å². The van der Waals surface area contributed by atoms with E-state index >= 15 is 0 Å². The molecule has 0 fully saturated rings. The van der Waals surface area contributed by atoms with Crippen LogP contribution in [-0.4, -0.2) is 10.7 Å². The zero-order chi connectivity index (χ0) is 7.40. The van der Waals surface area contributed by atoms with Crippen molar-refractivity contribution < 1.29 is 0 Å². The van der Waals surface area contributed by atoms with Gasteiger partial charge in [0.2, 0.25) is 0 Å². The number of aromatic nitrogens is 1. The number of hydrogen-bond donors (Lipinski definition) is 1. The first-order valence-electron chi connectivity index (χ1n) is 3.36. The molecule has 0 spiro atoms. The fraction of sp³-hybridized carbons (Fsp3) is 0.375. The second-order valence-electron chi connectivity index (χ2n) is 2.24. The second kappa shape index (κ2) is 3.62. The molecule has 0 saturated heterocycles. The van der Waals surface area contributed by atoms with Crippen LogP contribution < -0.4 is 0 Å². The maximum absolute atomic E-state index is 4.31. The van der Waals surface area contributed by atoms with Gasteiger partial charge in [-0.2, -0.15) is 12.6 Å². The largest absolute Gasteiger partial charge is 0.258 e. The van der Waals surface area contributed by atoms with Crippen molar-refractivity contribution in [3.05, 3.63) is 29.6 Å². The minimum absolute atomic E-state index is 0.871. The summed E-state index contributed by atoms with van der Waals surface area (Å²) in [5.41, 5.74) is 2.22. The molecule has 0 unspecified atom stereocenters. The lowest BCUT2D eigenvalue weighted by atomic mass is 10.3. The monoisotopic (exact) mass is 153 g/mol. The van der Waals surface area contributed by atoms with Crippen LogP contribution in [0.25, 0.3) is 0 Å². The van der Waals surface area contributed by atoms with Gasteiger partial charge in [0.05, 0.1) is 0 Å². The van der Waals surface area contributed by atoms with E-state index in [1.807, 2.05) is 25.1 Å². The summed E-state index contributed by atoms with van der Waals surface area (Å²) in [6.07, 6.45) is 0.963. The molecule has 1 nitrogen and oxygen atoms in total. The maximum Gasteiger partial charge on any atom is 0.0414 e. The Labute approximate surface area is 66.9 Å². The van der Waals surface area contributed by atoms with Crippen molar-refractivity contribution in [2.75, 3.05) is 5.75 Å². The van der Waals surface area contributed by atoms with Crippen molar-refractivity contribution in [1.82, 2.24) is 4.98 Å². The quantitative estimate of drug-likeness (QED) is 0.640. The van der Waals surface area contributed by atoms with Gasteiger partial charge in [0, 0.05) is 11.4 Å². The SMILES string of the molecule is Cc1cccc(CCS)n1. The van der Waals surface area contributed by atoms with Crippen LogP contribution in [0.4, 0.5) is 0 Å². The first-order chi connectivity index (χ1) is 4.83. The second-order valence-corrected chi connectivity index (χ2v) is 2.69. The minimum atomic E-state index is 0.871. The lowest BCUT2D eigenvalue weighted by Crippen LogP contribution is -1.91. The highest BCUT2D eigenvalue weighted by molar-refractivity contribution is 7.80. The third kappa shape index (κ3) is 2.03. The summed E-state index contributed by atoms with van der Waals surface area (Å²) in [6, 6.07) is 6.06. The molecule has 1 aromatic heterocycles. The van der Waals surface area contributed by atoms with Gasteiger partial charge in [-0.1, -0.05) is 6.07 Å². The van der Waals surface area contributed by atoms with E-state index in [0.29, 0.717) is 0 Å². The summed E-state index contributed by atoms with van der Waals surface area (Å²) in [7, 11) is 0. The molecule has 0 aliphatic heterocycles. The fourth-order valence-electron chi connectivity index (χ4n) is 0.853. The van der Waals surface area contributed by atoms with Gasteiger partial charge < -0.3 is 0 Å². The van der Waals surface area contributed by atoms with Crippen LogP contribution in [0.5, 0.6) is 0 Å². The number of rotatable bonds is 2. The Bertz CT molecular complexity index is 210. The third-order valence-electron chi connectivity index (χ3n) is 1.31. The normalized spacial score (nSPS) is 9.80. The van der Waals surface area contributed by atoms with Gasteiger partial charge in [-0.15, -0.1) is 0 Å². The average molecular weight is 153 g/mol. The van der Waals surface area contributed by atoms with Crippen LogP contribution in [0.3, 0.4) is 0 Å². The number of pyridine rings is 1. The Hall–Kier alpha value is -0.500. The van der Waals surface area contributed by atoms with Crippen LogP contribution in [0, 0.1) is 6.92 Å². The number of aryl methyl sites for hydroxylation is 2. The van der Waals surface area contributed by atoms with E-state index in [0.717, 1.165) is 23.6 Å². The Balaban J connectivity index is 2.75. The van der Waals surface area contributed by atoms with E-state index in [2.05, 4.69) is 17.6 Å². The van der Waals surface area contributed by atoms with Crippen LogP contribution in [0.1, 0.15) is 11.4 Å². The molecule has 10 heavy (non-hydrogen) atoms. The molecule has 0 bridgehead atoms. The zero-order valence-corrected chi connectivity index (χ0v) is 6.94. The van der Waals surface area contributed by atoms with Gasteiger partial charge in [-0.3, -0.25) is 4.98 Å². The Morgan fingerprint density at radius 1 is 1.50 bits per heavy atom. The molecule has 0 aromatic carbocycles. The van der Waals surface area contributed by atoms with Gasteiger partial charge in [0.15, 0.2) is 0 Å². The zero-order valence-electron chi connectivity index (χ0n) is 6.04. The maximum atomic E-state index is 4.31. The predicted octanol–water partition coefficient (Wildman–Crippen LogP) is 1.86. The first-order valence-corrected chi connectivity index (χ1v) is 3.99. The highest BCUT2D eigenvalue weighted by atomic mass is 32.1. The predicted molar refractivity (Wildman–Crippen MR) is 46.5 cm³/mol. The van der Waals surface area contributed by atoms with Gasteiger partial charge in [0.25, 0.3) is 0 Å². The summed E-state index contributed by atoms with van der Waals surface area (Å²) < 4.78 is 0. The van der Waals surface area contributed by atoms with Gasteiger partial charge in [-0.05, 0) is 31.2 Å². The van der Waals surface area contributed by atoms with E-state index in [1.54, 1.807) is 0 Å². The Morgan fingerprint density at radius 2 is 2.30 bits per heavy atom. The average Bonchev–Trinajstić information content (AvgIpc) is 1.88. The van der Waals surface area contributed by atoms with Crippen molar-refractivity contribution in [3.63, 3.8) is 0 Å². The third-order valence-corrected chi connectivity index (χ3v) is 1.54. The molecule has 0 radical (unpaired) electrons. The molecule has 54 valence electrons. The smallest absolute Gasteiger partial charge is 0.0414 e. The topological polar surface area (TPSA) is 12.9 Å². The van der Waals surface area contributed by atoms with Crippen molar-refractivity contribution in [1.29, 1.82) is 0 Å². The van der Waals surface area contributed by atoms with Crippen molar-refractivity contribution >= 4 is 12.6 Å². The van der Waals surface area contributed by atoms with Crippen LogP contribution in [0.15, 0.2) is 18.2 Å². The summed E-state index contributed by atoms with van der Waals surface area (Å²) in [5, 5.41) is 0. The summed E-state index contributed by atoms with van der Waals surface area (Å²) in [5.74, 6) is 0.871. The van der Waals surface area contributed by atoms with Crippen molar-refractivity contribution in [2.45, 2.75) is 13.3 Å². The molecule has 0 saturated carbocycles.